The van der Waals surface area contributed by atoms with Crippen LogP contribution in [-0.4, -0.2) is 89.8 Å². The lowest BCUT2D eigenvalue weighted by atomic mass is 10.1. The molecule has 0 radical (unpaired) electrons. The van der Waals surface area contributed by atoms with E-state index in [-0.39, 0.29) is 49.1 Å². The Hall–Kier alpha value is -0.676. The van der Waals surface area contributed by atoms with Crippen molar-refractivity contribution in [2.24, 2.45) is 5.92 Å². The summed E-state index contributed by atoms with van der Waals surface area (Å²) in [6, 6.07) is 6.57. The van der Waals surface area contributed by atoms with Gasteiger partial charge in [-0.25, -0.2) is 0 Å². The smallest absolute Gasteiger partial charge is 0.297 e. The summed E-state index contributed by atoms with van der Waals surface area (Å²) >= 11 is 0. The van der Waals surface area contributed by atoms with Gasteiger partial charge in [0.15, 0.2) is 22.9 Å². The van der Waals surface area contributed by atoms with Crippen LogP contribution in [0.3, 0.4) is 0 Å². The molecule has 0 bridgehead atoms. The summed E-state index contributed by atoms with van der Waals surface area (Å²) in [7, 11) is -7.70. The van der Waals surface area contributed by atoms with Gasteiger partial charge in [0.1, 0.15) is 0 Å². The predicted molar refractivity (Wildman–Crippen MR) is 220 cm³/mol. The minimum Gasteiger partial charge on any atom is -0.412 e. The van der Waals surface area contributed by atoms with Gasteiger partial charge in [-0.2, -0.15) is 8.42 Å². The highest BCUT2D eigenvalue weighted by molar-refractivity contribution is 7.86. The Bertz CT molecular complexity index is 1110. The quantitative estimate of drug-likeness (QED) is 0.0493. The molecule has 9 nitrogen and oxygen atoms in total. The van der Waals surface area contributed by atoms with E-state index >= 15 is 0 Å². The van der Waals surface area contributed by atoms with Crippen molar-refractivity contribution >= 4 is 26.8 Å². The first-order valence-corrected chi connectivity index (χ1v) is 25.3. The van der Waals surface area contributed by atoms with Crippen LogP contribution in [0.15, 0.2) is 29.2 Å². The summed E-state index contributed by atoms with van der Waals surface area (Å²) in [4.78, 5) is 0.132. The molecule has 0 aliphatic rings. The number of aryl methyl sites for hydroxylation is 1. The molecule has 0 amide bonds. The second-order valence-electron chi connectivity index (χ2n) is 16.0. The van der Waals surface area contributed by atoms with Crippen LogP contribution >= 0.6 is 0 Å². The molecule has 4 unspecified atom stereocenters. The zero-order chi connectivity index (χ0) is 38.1. The van der Waals surface area contributed by atoms with Crippen molar-refractivity contribution in [2.75, 3.05) is 46.2 Å². The molecule has 0 spiro atoms. The summed E-state index contributed by atoms with van der Waals surface area (Å²) in [6.45, 7) is 37.6. The van der Waals surface area contributed by atoms with Crippen molar-refractivity contribution in [3.8, 4) is 0 Å². The molecule has 0 aliphatic heterocycles. The van der Waals surface area contributed by atoms with Crippen LogP contribution in [0.5, 0.6) is 0 Å². The minimum atomic E-state index is -3.86. The molecule has 1 aromatic rings. The lowest BCUT2D eigenvalue weighted by Crippen LogP contribution is -2.46. The van der Waals surface area contributed by atoms with Crippen molar-refractivity contribution in [1.29, 1.82) is 0 Å². The second kappa shape index (κ2) is 25.4. The predicted octanol–water partition coefficient (Wildman–Crippen LogP) is 10.6. The molecular formula is C39H82O9SSi2. The first-order chi connectivity index (χ1) is 22.4. The van der Waals surface area contributed by atoms with E-state index in [4.69, 9.17) is 32.0 Å². The van der Waals surface area contributed by atoms with E-state index in [1.54, 1.807) is 31.2 Å². The number of ether oxygens (including phenoxy) is 4. The SMILES string of the molecule is C.C.CCC(C)COCCOCC(CC)O[Si](C)(C)C(C)(C)C.CCOC(C)OCC(COS(=O)(=O)c1ccc(C)cc1)O[Si](C)(C)C(C)(C)C. The monoisotopic (exact) mass is 783 g/mol. The van der Waals surface area contributed by atoms with Crippen molar-refractivity contribution in [3.05, 3.63) is 29.8 Å². The topological polar surface area (TPSA) is 98.8 Å². The van der Waals surface area contributed by atoms with E-state index in [1.807, 2.05) is 13.8 Å². The number of rotatable bonds is 22. The van der Waals surface area contributed by atoms with Gasteiger partial charge in [-0.05, 0) is 81.5 Å². The third kappa shape index (κ3) is 22.3. The minimum absolute atomic E-state index is 0. The highest BCUT2D eigenvalue weighted by Crippen LogP contribution is 2.38. The van der Waals surface area contributed by atoms with E-state index in [1.165, 1.54) is 6.42 Å². The van der Waals surface area contributed by atoms with Gasteiger partial charge in [0.25, 0.3) is 10.1 Å². The van der Waals surface area contributed by atoms with Gasteiger partial charge in [0.05, 0.1) is 50.1 Å². The fourth-order valence-corrected chi connectivity index (χ4v) is 7.42. The van der Waals surface area contributed by atoms with E-state index in [2.05, 4.69) is 88.5 Å². The van der Waals surface area contributed by atoms with Gasteiger partial charge in [-0.1, -0.05) is 101 Å². The Labute approximate surface area is 318 Å². The summed E-state index contributed by atoms with van der Waals surface area (Å²) < 4.78 is 65.5. The third-order valence-corrected chi connectivity index (χ3v) is 19.8. The van der Waals surface area contributed by atoms with Crippen LogP contribution in [0.25, 0.3) is 0 Å². The van der Waals surface area contributed by atoms with Crippen LogP contribution in [0.1, 0.15) is 109 Å². The normalized spacial score (nSPS) is 15.1. The standard InChI is InChI=1S/C20H36O6SSi.C17H38O3Si.2CH4/c1-9-23-17(3)24-14-18(26-28(7,8)20(4,5)6)15-25-27(21,22)19-12-10-16(2)11-13-19;1-9-15(3)13-18-11-12-19-14-16(10-2)20-21(7,8)17(4,5)6;;/h10-13,17-18H,9,14-15H2,1-8H3;15-16H,9-14H2,1-8H3;2*1H4. The Morgan fingerprint density at radius 3 is 1.57 bits per heavy atom. The first-order valence-electron chi connectivity index (χ1n) is 18.1. The Kier molecular flexibility index (Phi) is 27.2. The van der Waals surface area contributed by atoms with Gasteiger partial charge >= 0.3 is 0 Å². The van der Waals surface area contributed by atoms with Crippen LogP contribution in [0.4, 0.5) is 0 Å². The lowest BCUT2D eigenvalue weighted by molar-refractivity contribution is -0.144. The molecule has 0 aliphatic carbocycles. The van der Waals surface area contributed by atoms with E-state index in [0.29, 0.717) is 32.3 Å². The van der Waals surface area contributed by atoms with Crippen LogP contribution in [0.2, 0.25) is 36.3 Å². The molecule has 1 aromatic carbocycles. The van der Waals surface area contributed by atoms with Crippen molar-refractivity contribution < 1.29 is 40.4 Å². The maximum Gasteiger partial charge on any atom is 0.297 e. The lowest BCUT2D eigenvalue weighted by Gasteiger charge is -2.39. The maximum atomic E-state index is 12.5. The number of hydrogen-bond acceptors (Lipinski definition) is 9. The zero-order valence-corrected chi connectivity index (χ0v) is 36.9. The molecule has 0 saturated heterocycles. The molecule has 306 valence electrons. The molecule has 0 saturated carbocycles. The molecular weight excluding hydrogens is 701 g/mol. The summed E-state index contributed by atoms with van der Waals surface area (Å²) in [5.41, 5.74) is 0.983. The maximum absolute atomic E-state index is 12.5. The Morgan fingerprint density at radius 1 is 0.667 bits per heavy atom. The fraction of sp³-hybridized carbons (Fsp3) is 0.846. The van der Waals surface area contributed by atoms with Crippen LogP contribution < -0.4 is 0 Å². The Balaban J connectivity index is -0.000000904. The van der Waals surface area contributed by atoms with Crippen molar-refractivity contribution in [3.63, 3.8) is 0 Å². The molecule has 1 rings (SSSR count). The summed E-state index contributed by atoms with van der Waals surface area (Å²) in [6.07, 6.45) is 1.47. The van der Waals surface area contributed by atoms with Crippen LogP contribution in [0, 0.1) is 12.8 Å². The second-order valence-corrected chi connectivity index (χ2v) is 27.1. The molecule has 4 atom stereocenters. The van der Waals surface area contributed by atoms with E-state index < -0.39 is 39.1 Å². The number of benzene rings is 1. The van der Waals surface area contributed by atoms with Gasteiger partial charge in [-0.15, -0.1) is 0 Å². The van der Waals surface area contributed by atoms with Gasteiger partial charge in [-0.3, -0.25) is 4.18 Å². The molecule has 0 aromatic heterocycles. The summed E-state index contributed by atoms with van der Waals surface area (Å²) in [5, 5.41) is 0.229. The molecule has 0 heterocycles. The summed E-state index contributed by atoms with van der Waals surface area (Å²) in [5.74, 6) is 0.635. The van der Waals surface area contributed by atoms with Gasteiger partial charge < -0.3 is 27.8 Å². The Morgan fingerprint density at radius 2 is 1.14 bits per heavy atom. The molecule has 51 heavy (non-hydrogen) atoms. The van der Waals surface area contributed by atoms with Gasteiger partial charge in [0.2, 0.25) is 0 Å². The number of hydrogen-bond donors (Lipinski definition) is 0. The third-order valence-electron chi connectivity index (χ3n) is 9.40. The fourth-order valence-electron chi connectivity index (χ4n) is 3.74. The van der Waals surface area contributed by atoms with E-state index in [9.17, 15) is 8.42 Å². The average Bonchev–Trinajstić information content (AvgIpc) is 2.98. The highest BCUT2D eigenvalue weighted by Gasteiger charge is 2.40. The van der Waals surface area contributed by atoms with Crippen molar-refractivity contribution in [2.45, 2.75) is 170 Å². The van der Waals surface area contributed by atoms with E-state index in [0.717, 1.165) is 18.6 Å². The van der Waals surface area contributed by atoms with Crippen molar-refractivity contribution in [1.82, 2.24) is 0 Å². The molecule has 0 fully saturated rings. The molecule has 12 heteroatoms. The average molecular weight is 783 g/mol. The first kappa shape index (κ1) is 54.7. The zero-order valence-electron chi connectivity index (χ0n) is 34.1. The highest BCUT2D eigenvalue weighted by atomic mass is 32.2. The largest absolute Gasteiger partial charge is 0.412 e. The van der Waals surface area contributed by atoms with Crippen LogP contribution in [-0.2, 0) is 42.1 Å². The van der Waals surface area contributed by atoms with Gasteiger partial charge in [0, 0.05) is 13.2 Å². The molecule has 0 N–H and O–H groups in total.